The van der Waals surface area contributed by atoms with E-state index in [0.717, 1.165) is 37.9 Å². The van der Waals surface area contributed by atoms with Gasteiger partial charge in [-0.25, -0.2) is 4.39 Å². The number of hydrogen-bond donors (Lipinski definition) is 1. The number of nitrogens with one attached hydrogen (secondary N) is 1. The largest absolute Gasteiger partial charge is 0.339 e. The van der Waals surface area contributed by atoms with Crippen molar-refractivity contribution in [1.29, 1.82) is 0 Å². The van der Waals surface area contributed by atoms with E-state index in [-0.39, 0.29) is 11.7 Å². The van der Waals surface area contributed by atoms with Gasteiger partial charge in [-0.05, 0) is 57.0 Å². The number of rotatable bonds is 5. The smallest absolute Gasteiger partial charge is 0.227 e. The van der Waals surface area contributed by atoms with Crippen LogP contribution in [-0.2, 0) is 11.2 Å². The van der Waals surface area contributed by atoms with Crippen LogP contribution in [0.4, 0.5) is 4.39 Å². The highest BCUT2D eigenvalue weighted by atomic mass is 19.1. The van der Waals surface area contributed by atoms with Crippen LogP contribution >= 0.6 is 0 Å². The second-order valence-electron chi connectivity index (χ2n) is 5.43. The maximum absolute atomic E-state index is 12.9. The molecule has 1 atom stereocenters. The van der Waals surface area contributed by atoms with Crippen molar-refractivity contribution in [3.05, 3.63) is 35.6 Å². The third-order valence-electron chi connectivity index (χ3n) is 3.94. The number of carbonyl (C=O) groups is 1. The monoisotopic (exact) mass is 278 g/mol. The fraction of sp³-hybridized carbons (Fsp3) is 0.562. The number of amides is 1. The molecule has 1 saturated heterocycles. The van der Waals surface area contributed by atoms with Crippen LogP contribution in [0.1, 0.15) is 31.2 Å². The molecule has 1 heterocycles. The van der Waals surface area contributed by atoms with E-state index in [2.05, 4.69) is 5.32 Å². The number of piperidine rings is 1. The lowest BCUT2D eigenvalue weighted by Crippen LogP contribution is -2.45. The fourth-order valence-corrected chi connectivity index (χ4v) is 2.82. The summed E-state index contributed by atoms with van der Waals surface area (Å²) < 4.78 is 12.9. The average molecular weight is 278 g/mol. The first-order valence-corrected chi connectivity index (χ1v) is 7.39. The van der Waals surface area contributed by atoms with Crippen LogP contribution in [0.25, 0.3) is 0 Å². The summed E-state index contributed by atoms with van der Waals surface area (Å²) in [4.78, 5) is 14.5. The van der Waals surface area contributed by atoms with Crippen LogP contribution in [0.5, 0.6) is 0 Å². The van der Waals surface area contributed by atoms with Crippen molar-refractivity contribution in [2.24, 2.45) is 0 Å². The zero-order valence-electron chi connectivity index (χ0n) is 12.1. The van der Waals surface area contributed by atoms with Gasteiger partial charge in [0.25, 0.3) is 0 Å². The molecule has 3 nitrogen and oxygen atoms in total. The van der Waals surface area contributed by atoms with E-state index in [9.17, 15) is 9.18 Å². The average Bonchev–Trinajstić information content (AvgIpc) is 2.47. The normalized spacial score (nSPS) is 19.1. The topological polar surface area (TPSA) is 32.3 Å². The maximum atomic E-state index is 12.9. The van der Waals surface area contributed by atoms with E-state index < -0.39 is 0 Å². The standard InChI is InChI=1S/C16H23FN2O/c1-18-10-9-15-4-2-3-11-19(15)16(20)12-13-5-7-14(17)8-6-13/h5-8,15,18H,2-4,9-12H2,1H3. The van der Waals surface area contributed by atoms with Crippen molar-refractivity contribution in [2.75, 3.05) is 20.1 Å². The van der Waals surface area contributed by atoms with E-state index >= 15 is 0 Å². The number of carbonyl (C=O) groups excluding carboxylic acids is 1. The minimum Gasteiger partial charge on any atom is -0.339 e. The van der Waals surface area contributed by atoms with Crippen molar-refractivity contribution >= 4 is 5.91 Å². The summed E-state index contributed by atoms with van der Waals surface area (Å²) in [6.45, 7) is 1.79. The zero-order valence-corrected chi connectivity index (χ0v) is 12.1. The van der Waals surface area contributed by atoms with Gasteiger partial charge < -0.3 is 10.2 Å². The van der Waals surface area contributed by atoms with Gasteiger partial charge in [0.1, 0.15) is 5.82 Å². The predicted molar refractivity (Wildman–Crippen MR) is 78.0 cm³/mol. The molecule has 0 aliphatic carbocycles. The molecule has 1 aliphatic heterocycles. The fourth-order valence-electron chi connectivity index (χ4n) is 2.82. The van der Waals surface area contributed by atoms with E-state index in [1.807, 2.05) is 11.9 Å². The lowest BCUT2D eigenvalue weighted by Gasteiger charge is -2.36. The third-order valence-corrected chi connectivity index (χ3v) is 3.94. The molecule has 0 aromatic heterocycles. The van der Waals surface area contributed by atoms with Crippen LogP contribution < -0.4 is 5.32 Å². The SMILES string of the molecule is CNCCC1CCCCN1C(=O)Cc1ccc(F)cc1. The van der Waals surface area contributed by atoms with E-state index in [1.54, 1.807) is 12.1 Å². The van der Waals surface area contributed by atoms with Gasteiger partial charge in [0.15, 0.2) is 0 Å². The molecule has 4 heteroatoms. The molecule has 1 amide bonds. The number of likely N-dealkylation sites (tertiary alicyclic amines) is 1. The second kappa shape index (κ2) is 7.39. The van der Waals surface area contributed by atoms with Gasteiger partial charge in [-0.15, -0.1) is 0 Å². The first-order valence-electron chi connectivity index (χ1n) is 7.39. The van der Waals surface area contributed by atoms with Gasteiger partial charge in [-0.2, -0.15) is 0 Å². The highest BCUT2D eigenvalue weighted by molar-refractivity contribution is 5.79. The van der Waals surface area contributed by atoms with Gasteiger partial charge in [-0.1, -0.05) is 12.1 Å². The molecule has 1 aromatic rings. The maximum Gasteiger partial charge on any atom is 0.227 e. The van der Waals surface area contributed by atoms with Crippen molar-refractivity contribution < 1.29 is 9.18 Å². The van der Waals surface area contributed by atoms with Crippen LogP contribution in [0.2, 0.25) is 0 Å². The Kier molecular flexibility index (Phi) is 5.53. The Balaban J connectivity index is 1.96. The molecule has 0 radical (unpaired) electrons. The van der Waals surface area contributed by atoms with E-state index in [4.69, 9.17) is 0 Å². The predicted octanol–water partition coefficient (Wildman–Crippen LogP) is 2.36. The minimum absolute atomic E-state index is 0.164. The summed E-state index contributed by atoms with van der Waals surface area (Å²) in [5.74, 6) is -0.0940. The molecule has 20 heavy (non-hydrogen) atoms. The Morgan fingerprint density at radius 3 is 2.80 bits per heavy atom. The molecular weight excluding hydrogens is 255 g/mol. The Labute approximate surface area is 120 Å². The molecule has 0 saturated carbocycles. The lowest BCUT2D eigenvalue weighted by atomic mass is 9.98. The number of nitrogens with zero attached hydrogens (tertiary/aromatic N) is 1. The Bertz CT molecular complexity index is 433. The van der Waals surface area contributed by atoms with Crippen molar-refractivity contribution in [2.45, 2.75) is 38.1 Å². The summed E-state index contributed by atoms with van der Waals surface area (Å²) in [7, 11) is 1.94. The van der Waals surface area contributed by atoms with Crippen LogP contribution in [0.3, 0.4) is 0 Å². The molecule has 1 N–H and O–H groups in total. The molecule has 110 valence electrons. The van der Waals surface area contributed by atoms with Gasteiger partial charge in [0, 0.05) is 12.6 Å². The summed E-state index contributed by atoms with van der Waals surface area (Å²) in [5, 5.41) is 3.15. The number of benzene rings is 1. The molecule has 1 unspecified atom stereocenters. The quantitative estimate of drug-likeness (QED) is 0.896. The van der Waals surface area contributed by atoms with Crippen molar-refractivity contribution in [3.63, 3.8) is 0 Å². The number of halogens is 1. The Morgan fingerprint density at radius 2 is 2.10 bits per heavy atom. The minimum atomic E-state index is -0.258. The third kappa shape index (κ3) is 4.04. The molecule has 1 fully saturated rings. The van der Waals surface area contributed by atoms with Crippen LogP contribution in [0.15, 0.2) is 24.3 Å². The van der Waals surface area contributed by atoms with Gasteiger partial charge >= 0.3 is 0 Å². The van der Waals surface area contributed by atoms with Crippen LogP contribution in [-0.4, -0.2) is 37.0 Å². The molecular formula is C16H23FN2O. The second-order valence-corrected chi connectivity index (χ2v) is 5.43. The Hall–Kier alpha value is -1.42. The van der Waals surface area contributed by atoms with Gasteiger partial charge in [0.2, 0.25) is 5.91 Å². The zero-order chi connectivity index (χ0) is 14.4. The highest BCUT2D eigenvalue weighted by Crippen LogP contribution is 2.20. The summed E-state index contributed by atoms with van der Waals surface area (Å²) in [6.07, 6.45) is 4.76. The summed E-state index contributed by atoms with van der Waals surface area (Å²) in [6, 6.07) is 6.57. The first-order chi connectivity index (χ1) is 9.70. The van der Waals surface area contributed by atoms with Crippen molar-refractivity contribution in [3.8, 4) is 0 Å². The van der Waals surface area contributed by atoms with Gasteiger partial charge in [-0.3, -0.25) is 4.79 Å². The van der Waals surface area contributed by atoms with Gasteiger partial charge in [0.05, 0.1) is 6.42 Å². The highest BCUT2D eigenvalue weighted by Gasteiger charge is 2.25. The lowest BCUT2D eigenvalue weighted by molar-refractivity contribution is -0.134. The molecule has 1 aliphatic rings. The first kappa shape index (κ1) is 15.0. The molecule has 0 spiro atoms. The number of hydrogen-bond acceptors (Lipinski definition) is 2. The van der Waals surface area contributed by atoms with Crippen molar-refractivity contribution in [1.82, 2.24) is 10.2 Å². The molecule has 2 rings (SSSR count). The van der Waals surface area contributed by atoms with E-state index in [0.29, 0.717) is 12.5 Å². The summed E-state index contributed by atoms with van der Waals surface area (Å²) in [5.41, 5.74) is 0.884. The molecule has 1 aromatic carbocycles. The molecule has 0 bridgehead atoms. The van der Waals surface area contributed by atoms with Crippen LogP contribution in [0, 0.1) is 5.82 Å². The Morgan fingerprint density at radius 1 is 1.35 bits per heavy atom. The summed E-state index contributed by atoms with van der Waals surface area (Å²) >= 11 is 0. The van der Waals surface area contributed by atoms with E-state index in [1.165, 1.54) is 18.6 Å².